The van der Waals surface area contributed by atoms with Gasteiger partial charge in [-0.1, -0.05) is 6.92 Å². The topological polar surface area (TPSA) is 55.0 Å². The van der Waals surface area contributed by atoms with Crippen LogP contribution in [0.1, 0.15) is 13.3 Å². The van der Waals surface area contributed by atoms with Crippen molar-refractivity contribution < 1.29 is 8.78 Å². The molecule has 0 amide bonds. The number of benzene rings is 1. The monoisotopic (exact) mass is 310 g/mol. The zero-order chi connectivity index (χ0) is 15.0. The van der Waals surface area contributed by atoms with Crippen molar-refractivity contribution in [2.75, 3.05) is 24.5 Å². The molecule has 7 heteroatoms. The summed E-state index contributed by atoms with van der Waals surface area (Å²) >= 11 is 1.24. The number of anilines is 1. The summed E-state index contributed by atoms with van der Waals surface area (Å²) in [6, 6.07) is 3.32. The van der Waals surface area contributed by atoms with Gasteiger partial charge in [0.2, 0.25) is 5.13 Å². The van der Waals surface area contributed by atoms with Crippen molar-refractivity contribution in [3.63, 3.8) is 0 Å². The van der Waals surface area contributed by atoms with Crippen LogP contribution in [0.25, 0.3) is 11.4 Å². The zero-order valence-electron chi connectivity index (χ0n) is 11.6. The van der Waals surface area contributed by atoms with E-state index in [0.29, 0.717) is 17.9 Å². The maximum Gasteiger partial charge on any atom is 0.205 e. The second-order valence-corrected chi connectivity index (χ2v) is 6.48. The first-order valence-corrected chi connectivity index (χ1v) is 7.52. The Bertz CT molecular complexity index is 640. The van der Waals surface area contributed by atoms with E-state index in [4.69, 9.17) is 5.73 Å². The number of nitrogens with zero attached hydrogens (tertiary/aromatic N) is 3. The maximum absolute atomic E-state index is 13.3. The number of hydrogen-bond donors (Lipinski definition) is 1. The molecule has 1 unspecified atom stereocenters. The number of hydrogen-bond acceptors (Lipinski definition) is 5. The molecule has 21 heavy (non-hydrogen) atoms. The molecule has 0 aliphatic carbocycles. The fraction of sp³-hybridized carbons (Fsp3) is 0.429. The van der Waals surface area contributed by atoms with Gasteiger partial charge < -0.3 is 10.6 Å². The summed E-state index contributed by atoms with van der Waals surface area (Å²) in [6.07, 6.45) is 1.01. The predicted octanol–water partition coefficient (Wildman–Crippen LogP) is 2.66. The molecule has 1 aliphatic heterocycles. The Morgan fingerprint density at radius 3 is 2.67 bits per heavy atom. The summed E-state index contributed by atoms with van der Waals surface area (Å²) in [6.45, 7) is 4.48. The van der Waals surface area contributed by atoms with E-state index in [2.05, 4.69) is 21.2 Å². The minimum Gasteiger partial charge on any atom is -0.346 e. The molecule has 112 valence electrons. The second kappa shape index (κ2) is 5.31. The highest BCUT2D eigenvalue weighted by atomic mass is 32.1. The summed E-state index contributed by atoms with van der Waals surface area (Å²) in [4.78, 5) is 6.53. The van der Waals surface area contributed by atoms with Crippen molar-refractivity contribution in [2.45, 2.75) is 13.3 Å². The number of nitrogens with two attached hydrogens (primary N) is 1. The molecule has 2 aromatic rings. The van der Waals surface area contributed by atoms with E-state index in [1.807, 2.05) is 0 Å². The van der Waals surface area contributed by atoms with Gasteiger partial charge in [0.05, 0.1) is 0 Å². The largest absolute Gasteiger partial charge is 0.346 e. The van der Waals surface area contributed by atoms with Crippen molar-refractivity contribution in [2.24, 2.45) is 11.1 Å². The lowest BCUT2D eigenvalue weighted by atomic mass is 9.90. The molecular weight excluding hydrogens is 294 g/mol. The molecule has 1 aromatic heterocycles. The minimum absolute atomic E-state index is 0.0940. The van der Waals surface area contributed by atoms with Crippen LogP contribution in [0.4, 0.5) is 13.9 Å². The highest BCUT2D eigenvalue weighted by molar-refractivity contribution is 7.09. The summed E-state index contributed by atoms with van der Waals surface area (Å²) < 4.78 is 30.7. The van der Waals surface area contributed by atoms with Crippen molar-refractivity contribution in [3.05, 3.63) is 29.8 Å². The summed E-state index contributed by atoms with van der Waals surface area (Å²) in [5.74, 6) is -0.897. The van der Waals surface area contributed by atoms with Crippen LogP contribution in [0.15, 0.2) is 18.2 Å². The standard InChI is InChI=1S/C14H16F2N4S/c1-14(7-17)2-3-20(8-14)13-18-12(19-21-13)9-4-10(15)6-11(16)5-9/h4-6H,2-3,7-8,17H2,1H3. The van der Waals surface area contributed by atoms with Crippen LogP contribution in [0.5, 0.6) is 0 Å². The first-order chi connectivity index (χ1) is 9.99. The molecule has 0 bridgehead atoms. The Hall–Kier alpha value is -1.60. The molecule has 0 radical (unpaired) electrons. The van der Waals surface area contributed by atoms with Gasteiger partial charge in [-0.3, -0.25) is 0 Å². The van der Waals surface area contributed by atoms with E-state index >= 15 is 0 Å². The highest BCUT2D eigenvalue weighted by Crippen LogP contribution is 2.34. The summed E-state index contributed by atoms with van der Waals surface area (Å²) in [5, 5.41) is 0.770. The van der Waals surface area contributed by atoms with Gasteiger partial charge in [0.15, 0.2) is 5.82 Å². The molecule has 0 saturated carbocycles. The lowest BCUT2D eigenvalue weighted by Crippen LogP contribution is -2.31. The molecule has 1 atom stereocenters. The SMILES string of the molecule is CC1(CN)CCN(c2nc(-c3cc(F)cc(F)c3)ns2)C1. The van der Waals surface area contributed by atoms with Gasteiger partial charge >= 0.3 is 0 Å². The second-order valence-electron chi connectivity index (χ2n) is 5.75. The Morgan fingerprint density at radius 2 is 2.05 bits per heavy atom. The average Bonchev–Trinajstić information content (AvgIpc) is 3.05. The van der Waals surface area contributed by atoms with Crippen molar-refractivity contribution in [1.29, 1.82) is 0 Å². The van der Waals surface area contributed by atoms with E-state index in [1.54, 1.807) is 0 Å². The molecule has 1 saturated heterocycles. The molecule has 4 nitrogen and oxygen atoms in total. The quantitative estimate of drug-likeness (QED) is 0.947. The summed E-state index contributed by atoms with van der Waals surface area (Å²) in [5.41, 5.74) is 6.25. The Morgan fingerprint density at radius 1 is 1.33 bits per heavy atom. The van der Waals surface area contributed by atoms with Gasteiger partial charge in [-0.2, -0.15) is 9.36 Å². The van der Waals surface area contributed by atoms with Crippen LogP contribution < -0.4 is 10.6 Å². The predicted molar refractivity (Wildman–Crippen MR) is 79.3 cm³/mol. The number of rotatable bonds is 3. The van der Waals surface area contributed by atoms with Crippen LogP contribution in [0.3, 0.4) is 0 Å². The molecule has 2 N–H and O–H groups in total. The van der Waals surface area contributed by atoms with Crippen LogP contribution >= 0.6 is 11.5 Å². The van der Waals surface area contributed by atoms with E-state index in [1.165, 1.54) is 23.7 Å². The Labute approximate surface area is 125 Å². The van der Waals surface area contributed by atoms with Gasteiger partial charge in [-0.25, -0.2) is 8.78 Å². The van der Waals surface area contributed by atoms with Gasteiger partial charge in [0.25, 0.3) is 0 Å². The number of aromatic nitrogens is 2. The Kier molecular flexibility index (Phi) is 3.62. The number of halogens is 2. The van der Waals surface area contributed by atoms with Crippen molar-refractivity contribution in [3.8, 4) is 11.4 Å². The van der Waals surface area contributed by atoms with Gasteiger partial charge in [0, 0.05) is 36.3 Å². The van der Waals surface area contributed by atoms with Crippen LogP contribution in [0.2, 0.25) is 0 Å². The highest BCUT2D eigenvalue weighted by Gasteiger charge is 2.34. The molecular formula is C14H16F2N4S. The van der Waals surface area contributed by atoms with E-state index in [-0.39, 0.29) is 5.41 Å². The molecule has 2 heterocycles. The van der Waals surface area contributed by atoms with E-state index in [0.717, 1.165) is 30.7 Å². The third-order valence-corrected chi connectivity index (χ3v) is 4.63. The molecule has 1 aromatic carbocycles. The van der Waals surface area contributed by atoms with Gasteiger partial charge in [-0.05, 0) is 30.5 Å². The van der Waals surface area contributed by atoms with Crippen LogP contribution in [-0.2, 0) is 0 Å². The normalized spacial score (nSPS) is 22.0. The first-order valence-electron chi connectivity index (χ1n) is 6.74. The third-order valence-electron chi connectivity index (χ3n) is 3.86. The Balaban J connectivity index is 1.84. The van der Waals surface area contributed by atoms with Crippen LogP contribution in [0, 0.1) is 17.0 Å². The summed E-state index contributed by atoms with van der Waals surface area (Å²) in [7, 11) is 0. The van der Waals surface area contributed by atoms with Gasteiger partial charge in [-0.15, -0.1) is 0 Å². The van der Waals surface area contributed by atoms with E-state index < -0.39 is 11.6 Å². The van der Waals surface area contributed by atoms with Crippen LogP contribution in [-0.4, -0.2) is 29.0 Å². The lowest BCUT2D eigenvalue weighted by Gasteiger charge is -2.21. The molecule has 3 rings (SSSR count). The average molecular weight is 310 g/mol. The maximum atomic E-state index is 13.3. The minimum atomic E-state index is -0.627. The molecule has 1 fully saturated rings. The fourth-order valence-corrected chi connectivity index (χ4v) is 3.21. The molecule has 1 aliphatic rings. The van der Waals surface area contributed by atoms with Crippen molar-refractivity contribution >= 4 is 16.7 Å². The fourth-order valence-electron chi connectivity index (χ4n) is 2.50. The third kappa shape index (κ3) is 2.89. The smallest absolute Gasteiger partial charge is 0.205 e. The molecule has 0 spiro atoms. The van der Waals surface area contributed by atoms with E-state index in [9.17, 15) is 8.78 Å². The first kappa shape index (κ1) is 14.3. The lowest BCUT2D eigenvalue weighted by molar-refractivity contribution is 0.383. The van der Waals surface area contributed by atoms with Crippen molar-refractivity contribution in [1.82, 2.24) is 9.36 Å². The van der Waals surface area contributed by atoms with Gasteiger partial charge in [0.1, 0.15) is 11.6 Å². The zero-order valence-corrected chi connectivity index (χ0v) is 12.5.